The second kappa shape index (κ2) is 46.5. The number of ether oxygens (including phenoxy) is 2. The molecule has 1 N–H and O–H groups in total. The lowest BCUT2D eigenvalue weighted by Gasteiger charge is -2.24. The second-order valence-corrected chi connectivity index (χ2v) is 19.6. The summed E-state index contributed by atoms with van der Waals surface area (Å²) in [5.41, 5.74) is 0. The normalized spacial score (nSPS) is 14.2. The molecule has 0 aromatic carbocycles. The molecule has 0 aliphatic carbocycles. The summed E-state index contributed by atoms with van der Waals surface area (Å²) >= 11 is 0. The minimum Gasteiger partial charge on any atom is -0.457 e. The first kappa shape index (κ1) is 60.9. The molecule has 63 heavy (non-hydrogen) atoms. The van der Waals surface area contributed by atoms with Crippen LogP contribution in [0.2, 0.25) is 0 Å². The molecule has 0 fully saturated rings. The molecule has 0 spiro atoms. The number of allylic oxidation sites excluding steroid dienone is 12. The molecule has 366 valence electrons. The van der Waals surface area contributed by atoms with E-state index >= 15 is 0 Å². The number of hydrogen-bond donors (Lipinski definition) is 1. The molecule has 0 bridgehead atoms. The molecule has 0 saturated heterocycles. The molecule has 0 heterocycles. The Balaban J connectivity index is 4.16. The van der Waals surface area contributed by atoms with Gasteiger partial charge in [-0.2, -0.15) is 0 Å². The van der Waals surface area contributed by atoms with E-state index in [-0.39, 0.29) is 25.8 Å². The van der Waals surface area contributed by atoms with Gasteiger partial charge < -0.3 is 18.9 Å². The molecule has 0 aromatic rings. The minimum absolute atomic E-state index is 0.0833. The van der Waals surface area contributed by atoms with Crippen LogP contribution in [0.1, 0.15) is 206 Å². The lowest BCUT2D eigenvalue weighted by Crippen LogP contribution is -2.37. The van der Waals surface area contributed by atoms with Gasteiger partial charge in [0, 0.05) is 13.0 Å². The molecule has 2 atom stereocenters. The van der Waals surface area contributed by atoms with Crippen LogP contribution in [0.4, 0.5) is 0 Å². The van der Waals surface area contributed by atoms with E-state index in [9.17, 15) is 14.3 Å². The predicted molar refractivity (Wildman–Crippen MR) is 270 cm³/mol. The zero-order valence-electron chi connectivity index (χ0n) is 41.5. The van der Waals surface area contributed by atoms with Gasteiger partial charge in [0.1, 0.15) is 19.3 Å². The van der Waals surface area contributed by atoms with Gasteiger partial charge in [-0.1, -0.05) is 189 Å². The highest BCUT2D eigenvalue weighted by Crippen LogP contribution is 2.43. The quantitative estimate of drug-likeness (QED) is 0.0214. The monoisotopic (exact) mass is 905 g/mol. The number of hydrogen-bond acceptors (Lipinski definition) is 6. The number of phosphoric ester groups is 1. The SMILES string of the molecule is CC/C=C\C/C=C\C/C=C\C/C=C\C/C=C\CCCCCCCCCCCC(=O)OC(COCCCCCCCC/C=C\CCCCCCCC)COP(=O)(O)OCC[N+](C)(C)C. The molecule has 0 radical (unpaired) electrons. The summed E-state index contributed by atoms with van der Waals surface area (Å²) in [5, 5.41) is 0. The average molecular weight is 905 g/mol. The molecule has 0 aliphatic rings. The van der Waals surface area contributed by atoms with Crippen molar-refractivity contribution in [2.45, 2.75) is 213 Å². The van der Waals surface area contributed by atoms with Crippen LogP contribution in [0, 0.1) is 0 Å². The van der Waals surface area contributed by atoms with Gasteiger partial charge in [-0.15, -0.1) is 0 Å². The van der Waals surface area contributed by atoms with E-state index < -0.39 is 13.9 Å². The first-order valence-corrected chi connectivity index (χ1v) is 27.2. The number of unbranched alkanes of at least 4 members (excludes halogenated alkanes) is 21. The third-order valence-corrected chi connectivity index (χ3v) is 11.7. The van der Waals surface area contributed by atoms with Gasteiger partial charge in [-0.05, 0) is 83.5 Å². The standard InChI is InChI=1S/C54H98NO7P/c1-6-8-10-12-14-16-18-20-22-24-25-26-27-28-29-30-31-32-33-35-37-39-41-43-45-47-54(56)62-53(52-61-63(57,58)60-50-48-55(3,4)5)51-59-49-46-44-42-40-38-36-34-23-21-19-17-15-13-11-9-7-2/h8,10,14,16,20-23,25-26,28-29,53H,6-7,9,11-13,15,17-19,24,27,30-52H2,1-5H3/p+1/b10-8-,16-14-,22-20-,23-21-,26-25-,29-28-. The molecule has 0 rings (SSSR count). The second-order valence-electron chi connectivity index (χ2n) is 18.2. The number of carbonyl (C=O) groups is 1. The fourth-order valence-electron chi connectivity index (χ4n) is 6.81. The molecule has 8 nitrogen and oxygen atoms in total. The Kier molecular flexibility index (Phi) is 44.9. The maximum atomic E-state index is 12.8. The number of carbonyl (C=O) groups excluding carboxylic acids is 1. The fourth-order valence-corrected chi connectivity index (χ4v) is 7.55. The summed E-state index contributed by atoms with van der Waals surface area (Å²) in [6.07, 6.45) is 60.9. The fraction of sp³-hybridized carbons (Fsp3) is 0.759. The van der Waals surface area contributed by atoms with Gasteiger partial charge in [0.2, 0.25) is 0 Å². The largest absolute Gasteiger partial charge is 0.472 e. The summed E-state index contributed by atoms with van der Waals surface area (Å²) in [6, 6.07) is 0. The van der Waals surface area contributed by atoms with Crippen molar-refractivity contribution in [2.75, 3.05) is 54.1 Å². The van der Waals surface area contributed by atoms with Gasteiger partial charge in [-0.25, -0.2) is 4.57 Å². The van der Waals surface area contributed by atoms with E-state index in [0.717, 1.165) is 70.6 Å². The van der Waals surface area contributed by atoms with Crippen LogP contribution in [0.15, 0.2) is 72.9 Å². The Hall–Kier alpha value is -2.06. The molecule has 0 saturated carbocycles. The van der Waals surface area contributed by atoms with Gasteiger partial charge in [0.05, 0.1) is 34.4 Å². The summed E-state index contributed by atoms with van der Waals surface area (Å²) in [7, 11) is 1.65. The molecular formula is C54H99NO7P+. The number of esters is 1. The van der Waals surface area contributed by atoms with Crippen LogP contribution >= 0.6 is 7.82 Å². The summed E-state index contributed by atoms with van der Waals surface area (Å²) < 4.78 is 35.1. The number of nitrogens with zero attached hydrogens (tertiary/aromatic N) is 1. The van der Waals surface area contributed by atoms with E-state index in [0.29, 0.717) is 24.1 Å². The average Bonchev–Trinajstić information content (AvgIpc) is 3.24. The van der Waals surface area contributed by atoms with Crippen molar-refractivity contribution >= 4 is 13.8 Å². The van der Waals surface area contributed by atoms with Crippen molar-refractivity contribution in [3.05, 3.63) is 72.9 Å². The summed E-state index contributed by atoms with van der Waals surface area (Å²) in [4.78, 5) is 23.0. The number of phosphoric acid groups is 1. The molecule has 0 amide bonds. The van der Waals surface area contributed by atoms with Gasteiger partial charge >= 0.3 is 13.8 Å². The molecule has 0 aromatic heterocycles. The highest BCUT2D eigenvalue weighted by Gasteiger charge is 2.26. The minimum atomic E-state index is -4.29. The number of quaternary nitrogens is 1. The third-order valence-electron chi connectivity index (χ3n) is 10.8. The van der Waals surface area contributed by atoms with Crippen LogP contribution in [0.25, 0.3) is 0 Å². The number of rotatable bonds is 47. The Morgan fingerprint density at radius 2 is 0.921 bits per heavy atom. The van der Waals surface area contributed by atoms with Crippen LogP contribution in [0.3, 0.4) is 0 Å². The van der Waals surface area contributed by atoms with Crippen LogP contribution in [-0.2, 0) is 27.9 Å². The lowest BCUT2D eigenvalue weighted by molar-refractivity contribution is -0.870. The van der Waals surface area contributed by atoms with Crippen molar-refractivity contribution in [1.29, 1.82) is 0 Å². The van der Waals surface area contributed by atoms with E-state index in [1.54, 1.807) is 0 Å². The van der Waals surface area contributed by atoms with Crippen molar-refractivity contribution in [2.24, 2.45) is 0 Å². The van der Waals surface area contributed by atoms with Gasteiger partial charge in [-0.3, -0.25) is 13.8 Å². The molecule has 2 unspecified atom stereocenters. The highest BCUT2D eigenvalue weighted by molar-refractivity contribution is 7.47. The molecular weight excluding hydrogens is 806 g/mol. The third kappa shape index (κ3) is 50.8. The highest BCUT2D eigenvalue weighted by atomic mass is 31.2. The molecule has 9 heteroatoms. The zero-order chi connectivity index (χ0) is 46.2. The Bertz CT molecular complexity index is 1230. The summed E-state index contributed by atoms with van der Waals surface area (Å²) in [6.45, 7) is 5.49. The zero-order valence-corrected chi connectivity index (χ0v) is 42.4. The first-order valence-electron chi connectivity index (χ1n) is 25.7. The Morgan fingerprint density at radius 1 is 0.508 bits per heavy atom. The van der Waals surface area contributed by atoms with Crippen molar-refractivity contribution < 1.29 is 37.3 Å². The summed E-state index contributed by atoms with van der Waals surface area (Å²) in [5.74, 6) is -0.323. The van der Waals surface area contributed by atoms with E-state index in [1.165, 1.54) is 116 Å². The Morgan fingerprint density at radius 3 is 1.40 bits per heavy atom. The van der Waals surface area contributed by atoms with Crippen LogP contribution < -0.4 is 0 Å². The van der Waals surface area contributed by atoms with E-state index in [2.05, 4.69) is 86.8 Å². The van der Waals surface area contributed by atoms with Gasteiger partial charge in [0.25, 0.3) is 0 Å². The van der Waals surface area contributed by atoms with Crippen molar-refractivity contribution in [3.63, 3.8) is 0 Å². The van der Waals surface area contributed by atoms with E-state index in [4.69, 9.17) is 18.5 Å². The first-order chi connectivity index (χ1) is 30.6. The van der Waals surface area contributed by atoms with Crippen molar-refractivity contribution in [1.82, 2.24) is 0 Å². The lowest BCUT2D eigenvalue weighted by atomic mass is 10.1. The van der Waals surface area contributed by atoms with E-state index in [1.807, 2.05) is 21.1 Å². The Labute approximate surface area is 389 Å². The van der Waals surface area contributed by atoms with Crippen LogP contribution in [-0.4, -0.2) is 75.6 Å². The smallest absolute Gasteiger partial charge is 0.457 e. The maximum absolute atomic E-state index is 12.8. The number of likely N-dealkylation sites (N-methyl/N-ethyl adjacent to an activating group) is 1. The van der Waals surface area contributed by atoms with Gasteiger partial charge in [0.15, 0.2) is 0 Å². The maximum Gasteiger partial charge on any atom is 0.472 e. The van der Waals surface area contributed by atoms with Crippen molar-refractivity contribution in [3.8, 4) is 0 Å². The topological polar surface area (TPSA) is 91.3 Å². The predicted octanol–water partition coefficient (Wildman–Crippen LogP) is 15.8. The van der Waals surface area contributed by atoms with Crippen LogP contribution in [0.5, 0.6) is 0 Å². The molecule has 0 aliphatic heterocycles.